The van der Waals surface area contributed by atoms with Gasteiger partial charge in [0.15, 0.2) is 0 Å². The van der Waals surface area contributed by atoms with E-state index in [-0.39, 0.29) is 24.1 Å². The number of carbonyl (C=O) groups is 2. The third-order valence-corrected chi connectivity index (χ3v) is 2.64. The molecule has 0 aromatic heterocycles. The van der Waals surface area contributed by atoms with Gasteiger partial charge in [0.25, 0.3) is 0 Å². The molecule has 0 spiro atoms. The lowest BCUT2D eigenvalue weighted by atomic mass is 9.94. The lowest BCUT2D eigenvalue weighted by Crippen LogP contribution is -2.18. The van der Waals surface area contributed by atoms with E-state index >= 15 is 0 Å². The molecular formula is C10H16O3. The average Bonchev–Trinajstić information content (AvgIpc) is 2.36. The minimum absolute atomic E-state index is 0.0842. The lowest BCUT2D eigenvalue weighted by Gasteiger charge is -2.12. The molecule has 74 valence electrons. The second-order valence-electron chi connectivity index (χ2n) is 3.60. The molecule has 1 fully saturated rings. The van der Waals surface area contributed by atoms with Crippen LogP contribution in [-0.2, 0) is 14.3 Å². The molecule has 0 bridgehead atoms. The molecule has 0 aliphatic heterocycles. The van der Waals surface area contributed by atoms with E-state index in [1.54, 1.807) is 6.92 Å². The molecule has 0 heterocycles. The molecule has 1 rings (SSSR count). The van der Waals surface area contributed by atoms with E-state index in [1.807, 2.05) is 6.92 Å². The number of hydrogen-bond acceptors (Lipinski definition) is 3. The van der Waals surface area contributed by atoms with E-state index in [0.717, 1.165) is 6.42 Å². The highest BCUT2D eigenvalue weighted by molar-refractivity contribution is 5.87. The van der Waals surface area contributed by atoms with Crippen molar-refractivity contribution in [2.45, 2.75) is 33.1 Å². The van der Waals surface area contributed by atoms with Crippen molar-refractivity contribution in [3.8, 4) is 0 Å². The summed E-state index contributed by atoms with van der Waals surface area (Å²) in [4.78, 5) is 22.4. The summed E-state index contributed by atoms with van der Waals surface area (Å²) in [6, 6.07) is 0. The van der Waals surface area contributed by atoms with Crippen LogP contribution in [0.2, 0.25) is 0 Å². The van der Waals surface area contributed by atoms with Crippen molar-refractivity contribution in [2.75, 3.05) is 6.61 Å². The fourth-order valence-electron chi connectivity index (χ4n) is 1.79. The summed E-state index contributed by atoms with van der Waals surface area (Å²) in [6.07, 6.45) is 1.82. The van der Waals surface area contributed by atoms with E-state index in [4.69, 9.17) is 4.74 Å². The van der Waals surface area contributed by atoms with Crippen molar-refractivity contribution < 1.29 is 14.3 Å². The number of ketones is 1. The highest BCUT2D eigenvalue weighted by Gasteiger charge is 2.33. The monoisotopic (exact) mass is 184 g/mol. The Kier molecular flexibility index (Phi) is 3.46. The van der Waals surface area contributed by atoms with Gasteiger partial charge in [0, 0.05) is 12.3 Å². The third-order valence-electron chi connectivity index (χ3n) is 2.64. The predicted molar refractivity (Wildman–Crippen MR) is 48.1 cm³/mol. The van der Waals surface area contributed by atoms with Crippen LogP contribution in [0.5, 0.6) is 0 Å². The van der Waals surface area contributed by atoms with Crippen molar-refractivity contribution >= 4 is 11.8 Å². The molecule has 13 heavy (non-hydrogen) atoms. The third kappa shape index (κ3) is 2.54. The van der Waals surface area contributed by atoms with Crippen LogP contribution in [0.15, 0.2) is 0 Å². The van der Waals surface area contributed by atoms with E-state index in [0.29, 0.717) is 18.9 Å². The Balaban J connectivity index is 2.43. The van der Waals surface area contributed by atoms with Gasteiger partial charge >= 0.3 is 5.97 Å². The average molecular weight is 184 g/mol. The molecule has 0 N–H and O–H groups in total. The summed E-state index contributed by atoms with van der Waals surface area (Å²) in [5.74, 6) is 0.242. The summed E-state index contributed by atoms with van der Waals surface area (Å²) < 4.78 is 4.81. The molecule has 1 aliphatic rings. The highest BCUT2D eigenvalue weighted by Crippen LogP contribution is 2.30. The summed E-state index contributed by atoms with van der Waals surface area (Å²) in [7, 11) is 0. The maximum absolute atomic E-state index is 11.3. The molecule has 0 aromatic rings. The molecule has 0 amide bonds. The quantitative estimate of drug-likeness (QED) is 0.625. The summed E-state index contributed by atoms with van der Waals surface area (Å²) in [5, 5.41) is 0. The van der Waals surface area contributed by atoms with Crippen LogP contribution in [0.25, 0.3) is 0 Å². The Labute approximate surface area is 78.5 Å². The number of rotatable bonds is 3. The fraction of sp³-hybridized carbons (Fsp3) is 0.800. The van der Waals surface area contributed by atoms with E-state index < -0.39 is 0 Å². The molecule has 2 atom stereocenters. The first-order valence-electron chi connectivity index (χ1n) is 4.83. The smallest absolute Gasteiger partial charge is 0.306 e. The molecular weight excluding hydrogens is 168 g/mol. The Morgan fingerprint density at radius 3 is 2.77 bits per heavy atom. The van der Waals surface area contributed by atoms with Crippen LogP contribution in [0.3, 0.4) is 0 Å². The van der Waals surface area contributed by atoms with Gasteiger partial charge in [0.05, 0.1) is 13.0 Å². The van der Waals surface area contributed by atoms with Crippen LogP contribution in [0.1, 0.15) is 33.1 Å². The predicted octanol–water partition coefficient (Wildman–Crippen LogP) is 1.55. The maximum atomic E-state index is 11.3. The Morgan fingerprint density at radius 1 is 1.62 bits per heavy atom. The summed E-state index contributed by atoms with van der Waals surface area (Å²) in [6.45, 7) is 4.20. The topological polar surface area (TPSA) is 43.4 Å². The van der Waals surface area contributed by atoms with E-state index in [2.05, 4.69) is 0 Å². The molecule has 3 heteroatoms. The Bertz CT molecular complexity index is 210. The Hall–Kier alpha value is -0.860. The first kappa shape index (κ1) is 10.2. The minimum Gasteiger partial charge on any atom is -0.466 e. The van der Waals surface area contributed by atoms with Crippen molar-refractivity contribution in [1.29, 1.82) is 0 Å². The zero-order valence-electron chi connectivity index (χ0n) is 8.21. The number of hydrogen-bond donors (Lipinski definition) is 0. The first-order chi connectivity index (χ1) is 6.15. The van der Waals surface area contributed by atoms with E-state index in [9.17, 15) is 9.59 Å². The van der Waals surface area contributed by atoms with Crippen molar-refractivity contribution in [3.05, 3.63) is 0 Å². The fourth-order valence-corrected chi connectivity index (χ4v) is 1.79. The van der Waals surface area contributed by atoms with Crippen LogP contribution in [-0.4, -0.2) is 18.4 Å². The van der Waals surface area contributed by atoms with Crippen molar-refractivity contribution in [1.82, 2.24) is 0 Å². The summed E-state index contributed by atoms with van der Waals surface area (Å²) >= 11 is 0. The van der Waals surface area contributed by atoms with E-state index in [1.165, 1.54) is 0 Å². The largest absolute Gasteiger partial charge is 0.466 e. The lowest BCUT2D eigenvalue weighted by molar-refractivity contribution is -0.146. The molecule has 3 nitrogen and oxygen atoms in total. The maximum Gasteiger partial charge on any atom is 0.306 e. The van der Waals surface area contributed by atoms with Gasteiger partial charge in [0.2, 0.25) is 0 Å². The molecule has 0 unspecified atom stereocenters. The van der Waals surface area contributed by atoms with Gasteiger partial charge in [0.1, 0.15) is 5.78 Å². The minimum atomic E-state index is -0.241. The number of carbonyl (C=O) groups excluding carboxylic acids is 2. The normalized spacial score (nSPS) is 27.7. The van der Waals surface area contributed by atoms with Gasteiger partial charge < -0.3 is 4.74 Å². The number of esters is 1. The molecule has 0 saturated heterocycles. The summed E-state index contributed by atoms with van der Waals surface area (Å²) in [5.41, 5.74) is 0. The van der Waals surface area contributed by atoms with Gasteiger partial charge in [-0.15, -0.1) is 0 Å². The number of Topliss-reactive ketones (excluding diaryl/α,β-unsaturated/α-hetero) is 1. The highest BCUT2D eigenvalue weighted by atomic mass is 16.5. The van der Waals surface area contributed by atoms with Crippen molar-refractivity contribution in [3.63, 3.8) is 0 Å². The first-order valence-corrected chi connectivity index (χ1v) is 4.83. The standard InChI is InChI=1S/C10H16O3/c1-3-13-10(12)6-8-7(2)4-5-9(8)11/h7-8H,3-6H2,1-2H3/t7-,8+/m0/s1. The number of ether oxygens (including phenoxy) is 1. The zero-order valence-corrected chi connectivity index (χ0v) is 8.21. The van der Waals surface area contributed by atoms with Gasteiger partial charge in [-0.1, -0.05) is 6.92 Å². The molecule has 0 aromatic carbocycles. The van der Waals surface area contributed by atoms with Gasteiger partial charge in [-0.2, -0.15) is 0 Å². The molecule has 0 radical (unpaired) electrons. The molecule has 1 saturated carbocycles. The van der Waals surface area contributed by atoms with Gasteiger partial charge in [-0.3, -0.25) is 9.59 Å². The van der Waals surface area contributed by atoms with Crippen LogP contribution >= 0.6 is 0 Å². The SMILES string of the molecule is CCOC(=O)C[C@H]1C(=O)CC[C@@H]1C. The van der Waals surface area contributed by atoms with Crippen LogP contribution < -0.4 is 0 Å². The van der Waals surface area contributed by atoms with Gasteiger partial charge in [-0.25, -0.2) is 0 Å². The molecule has 1 aliphatic carbocycles. The zero-order chi connectivity index (χ0) is 9.84. The second kappa shape index (κ2) is 4.40. The van der Waals surface area contributed by atoms with Crippen LogP contribution in [0.4, 0.5) is 0 Å². The van der Waals surface area contributed by atoms with Crippen LogP contribution in [0, 0.1) is 11.8 Å². The second-order valence-corrected chi connectivity index (χ2v) is 3.60. The Morgan fingerprint density at radius 2 is 2.31 bits per heavy atom. The van der Waals surface area contributed by atoms with Gasteiger partial charge in [-0.05, 0) is 19.3 Å². The van der Waals surface area contributed by atoms with Crippen molar-refractivity contribution in [2.24, 2.45) is 11.8 Å².